The predicted molar refractivity (Wildman–Crippen MR) is 70.3 cm³/mol. The van der Waals surface area contributed by atoms with Crippen LogP contribution in [0.5, 0.6) is 0 Å². The molecule has 0 fully saturated rings. The summed E-state index contributed by atoms with van der Waals surface area (Å²) in [6, 6.07) is 8.80. The Balaban J connectivity index is 2.33. The molecule has 2 rings (SSSR count). The Kier molecular flexibility index (Phi) is 3.72. The highest BCUT2D eigenvalue weighted by Gasteiger charge is 2.34. The van der Waals surface area contributed by atoms with E-state index in [2.05, 4.69) is 5.32 Å². The van der Waals surface area contributed by atoms with Crippen LogP contribution >= 0.6 is 0 Å². The van der Waals surface area contributed by atoms with Crippen molar-refractivity contribution in [2.45, 2.75) is 6.18 Å². The molecule has 0 atom stereocenters. The number of hydrogen-bond acceptors (Lipinski definition) is 3. The Bertz CT molecular complexity index is 717. The van der Waals surface area contributed by atoms with Crippen molar-refractivity contribution in [1.82, 2.24) is 0 Å². The quantitative estimate of drug-likeness (QED) is 0.649. The first-order chi connectivity index (χ1) is 9.81. The summed E-state index contributed by atoms with van der Waals surface area (Å²) in [5, 5.41) is 11.4. The Labute approximate surface area is 117 Å². The van der Waals surface area contributed by atoms with Gasteiger partial charge in [0, 0.05) is 11.4 Å². The lowest BCUT2D eigenvalue weighted by molar-refractivity contribution is -0.139. The molecule has 0 bridgehead atoms. The molecule has 0 heterocycles. The molecule has 108 valence electrons. The highest BCUT2D eigenvalue weighted by Crippen LogP contribution is 2.33. The van der Waals surface area contributed by atoms with Crippen LogP contribution < -0.4 is 11.1 Å². The molecule has 3 nitrogen and oxygen atoms in total. The number of nitrogens with two attached hydrogens (primary N) is 1. The minimum Gasteiger partial charge on any atom is -0.398 e. The Morgan fingerprint density at radius 2 is 1.67 bits per heavy atom. The van der Waals surface area contributed by atoms with Crippen molar-refractivity contribution in [1.29, 1.82) is 5.26 Å². The van der Waals surface area contributed by atoms with E-state index in [1.54, 1.807) is 0 Å². The van der Waals surface area contributed by atoms with E-state index in [9.17, 15) is 17.6 Å². The predicted octanol–water partition coefficient (Wildman–Crippen LogP) is 4.04. The fraction of sp³-hybridized carbons (Fsp3) is 0.0714. The van der Waals surface area contributed by atoms with Gasteiger partial charge in [-0.1, -0.05) is 0 Å². The van der Waals surface area contributed by atoms with E-state index in [1.807, 2.05) is 6.07 Å². The average molecular weight is 295 g/mol. The second-order valence-electron chi connectivity index (χ2n) is 4.23. The molecular weight excluding hydrogens is 286 g/mol. The van der Waals surface area contributed by atoms with Crippen molar-refractivity contribution in [3.63, 3.8) is 0 Å². The topological polar surface area (TPSA) is 61.8 Å². The normalized spacial score (nSPS) is 11.0. The van der Waals surface area contributed by atoms with Gasteiger partial charge in [0.15, 0.2) is 0 Å². The summed E-state index contributed by atoms with van der Waals surface area (Å²) in [5.41, 5.74) is 5.17. The first-order valence-corrected chi connectivity index (χ1v) is 5.74. The Morgan fingerprint density at radius 1 is 1.05 bits per heavy atom. The molecule has 0 aliphatic heterocycles. The van der Waals surface area contributed by atoms with Gasteiger partial charge in [0.1, 0.15) is 11.9 Å². The zero-order valence-electron chi connectivity index (χ0n) is 10.5. The second-order valence-corrected chi connectivity index (χ2v) is 4.23. The van der Waals surface area contributed by atoms with Crippen molar-refractivity contribution in [3.8, 4) is 6.07 Å². The van der Waals surface area contributed by atoms with Crippen LogP contribution in [0.15, 0.2) is 36.4 Å². The van der Waals surface area contributed by atoms with Gasteiger partial charge < -0.3 is 11.1 Å². The third-order valence-corrected chi connectivity index (χ3v) is 2.73. The van der Waals surface area contributed by atoms with E-state index in [4.69, 9.17) is 11.0 Å². The summed E-state index contributed by atoms with van der Waals surface area (Å²) in [6.07, 6.45) is -4.77. The summed E-state index contributed by atoms with van der Waals surface area (Å²) >= 11 is 0. The van der Waals surface area contributed by atoms with Crippen molar-refractivity contribution < 1.29 is 17.6 Å². The van der Waals surface area contributed by atoms with Crippen LogP contribution in [0.3, 0.4) is 0 Å². The monoisotopic (exact) mass is 295 g/mol. The van der Waals surface area contributed by atoms with Crippen molar-refractivity contribution in [2.24, 2.45) is 0 Å². The van der Waals surface area contributed by atoms with Gasteiger partial charge in [-0.15, -0.1) is 0 Å². The number of anilines is 3. The van der Waals surface area contributed by atoms with Gasteiger partial charge in [0.2, 0.25) is 0 Å². The Hall–Kier alpha value is -2.75. The number of nitriles is 1. The molecule has 0 amide bonds. The molecule has 21 heavy (non-hydrogen) atoms. The molecular formula is C14H9F4N3. The largest absolute Gasteiger partial charge is 0.419 e. The summed E-state index contributed by atoms with van der Waals surface area (Å²) in [6.45, 7) is 0. The van der Waals surface area contributed by atoms with Crippen LogP contribution in [0, 0.1) is 17.1 Å². The standard InChI is InChI=1S/C14H9F4N3/c15-12-4-3-9(5-11(12)14(16,17)18)21-10-2-1-8(7-19)13(20)6-10/h1-6,21H,20H2. The van der Waals surface area contributed by atoms with E-state index in [1.165, 1.54) is 24.3 Å². The zero-order valence-corrected chi connectivity index (χ0v) is 10.5. The van der Waals surface area contributed by atoms with Crippen LogP contribution in [0.25, 0.3) is 0 Å². The minimum atomic E-state index is -4.77. The Morgan fingerprint density at radius 3 is 2.24 bits per heavy atom. The molecule has 0 aliphatic carbocycles. The van der Waals surface area contributed by atoms with Gasteiger partial charge >= 0.3 is 6.18 Å². The van der Waals surface area contributed by atoms with Crippen molar-refractivity contribution in [3.05, 3.63) is 53.3 Å². The SMILES string of the molecule is N#Cc1ccc(Nc2ccc(F)c(C(F)(F)F)c2)cc1N. The maximum absolute atomic E-state index is 13.2. The smallest absolute Gasteiger partial charge is 0.398 e. The van der Waals surface area contributed by atoms with Gasteiger partial charge in [-0.2, -0.15) is 18.4 Å². The lowest BCUT2D eigenvalue weighted by atomic mass is 10.1. The van der Waals surface area contributed by atoms with Crippen molar-refractivity contribution in [2.75, 3.05) is 11.1 Å². The van der Waals surface area contributed by atoms with Gasteiger partial charge in [-0.3, -0.25) is 0 Å². The average Bonchev–Trinajstić information content (AvgIpc) is 2.40. The molecule has 0 aliphatic rings. The number of nitrogens with one attached hydrogen (secondary N) is 1. The molecule has 0 unspecified atom stereocenters. The van der Waals surface area contributed by atoms with Gasteiger partial charge in [0.05, 0.1) is 16.8 Å². The molecule has 0 saturated carbocycles. The number of hydrogen-bond donors (Lipinski definition) is 2. The molecule has 2 aromatic carbocycles. The fourth-order valence-corrected chi connectivity index (χ4v) is 1.73. The first-order valence-electron chi connectivity index (χ1n) is 5.74. The van der Waals surface area contributed by atoms with Gasteiger partial charge in [0.25, 0.3) is 0 Å². The lowest BCUT2D eigenvalue weighted by Crippen LogP contribution is -2.08. The molecule has 2 aromatic rings. The van der Waals surface area contributed by atoms with E-state index in [0.29, 0.717) is 11.8 Å². The third kappa shape index (κ3) is 3.23. The molecule has 0 radical (unpaired) electrons. The van der Waals surface area contributed by atoms with Crippen molar-refractivity contribution >= 4 is 17.1 Å². The maximum atomic E-state index is 13.2. The molecule has 7 heteroatoms. The van der Waals surface area contributed by atoms with E-state index < -0.39 is 17.6 Å². The summed E-state index contributed by atoms with van der Waals surface area (Å²) in [5.74, 6) is -1.34. The van der Waals surface area contributed by atoms with Crippen LogP contribution in [0.2, 0.25) is 0 Å². The molecule has 0 aromatic heterocycles. The zero-order chi connectivity index (χ0) is 15.6. The summed E-state index contributed by atoms with van der Waals surface area (Å²) < 4.78 is 51.0. The third-order valence-electron chi connectivity index (χ3n) is 2.73. The number of nitrogen functional groups attached to an aromatic ring is 1. The van der Waals surface area contributed by atoms with Crippen LogP contribution in [-0.4, -0.2) is 0 Å². The highest BCUT2D eigenvalue weighted by molar-refractivity contribution is 5.68. The lowest BCUT2D eigenvalue weighted by Gasteiger charge is -2.12. The molecule has 0 spiro atoms. The second kappa shape index (κ2) is 5.32. The number of benzene rings is 2. The first kappa shape index (κ1) is 14.7. The van der Waals surface area contributed by atoms with E-state index >= 15 is 0 Å². The van der Waals surface area contributed by atoms with Crippen LogP contribution in [-0.2, 0) is 6.18 Å². The maximum Gasteiger partial charge on any atom is 0.419 e. The summed E-state index contributed by atoms with van der Waals surface area (Å²) in [7, 11) is 0. The summed E-state index contributed by atoms with van der Waals surface area (Å²) in [4.78, 5) is 0. The van der Waals surface area contributed by atoms with Crippen LogP contribution in [0.4, 0.5) is 34.6 Å². The number of nitrogens with zero attached hydrogens (tertiary/aromatic N) is 1. The number of rotatable bonds is 2. The number of alkyl halides is 3. The van der Waals surface area contributed by atoms with Crippen LogP contribution in [0.1, 0.15) is 11.1 Å². The van der Waals surface area contributed by atoms with Gasteiger partial charge in [-0.05, 0) is 36.4 Å². The molecule has 3 N–H and O–H groups in total. The minimum absolute atomic E-state index is 0.0628. The van der Waals surface area contributed by atoms with E-state index in [-0.39, 0.29) is 16.9 Å². The molecule has 0 saturated heterocycles. The number of halogens is 4. The fourth-order valence-electron chi connectivity index (χ4n) is 1.73. The van der Waals surface area contributed by atoms with Gasteiger partial charge in [-0.25, -0.2) is 4.39 Å². The van der Waals surface area contributed by atoms with E-state index in [0.717, 1.165) is 6.07 Å². The highest BCUT2D eigenvalue weighted by atomic mass is 19.4.